The van der Waals surface area contributed by atoms with Gasteiger partial charge in [0.25, 0.3) is 0 Å². The van der Waals surface area contributed by atoms with E-state index >= 15 is 0 Å². The molecular formula is C18H14N2OS. The number of thioether (sulfide) groups is 1. The van der Waals surface area contributed by atoms with E-state index in [1.807, 2.05) is 54.6 Å². The summed E-state index contributed by atoms with van der Waals surface area (Å²) in [5.74, 6) is 2.61. The first kappa shape index (κ1) is 13.2. The number of rotatable bonds is 4. The normalized spacial score (nSPS) is 11.1. The van der Waals surface area contributed by atoms with Crippen molar-refractivity contribution in [1.29, 1.82) is 0 Å². The number of fused-ring (bicyclic) bond motifs is 1. The van der Waals surface area contributed by atoms with Crippen LogP contribution in [-0.2, 0) is 5.75 Å². The lowest BCUT2D eigenvalue weighted by molar-refractivity contribution is 0.544. The van der Waals surface area contributed by atoms with E-state index in [9.17, 15) is 0 Å². The molecule has 0 radical (unpaired) electrons. The first-order valence-electron chi connectivity index (χ1n) is 7.10. The molecule has 0 fully saturated rings. The first-order valence-corrected chi connectivity index (χ1v) is 8.09. The van der Waals surface area contributed by atoms with Crippen molar-refractivity contribution >= 4 is 22.8 Å². The van der Waals surface area contributed by atoms with E-state index in [1.54, 1.807) is 11.8 Å². The van der Waals surface area contributed by atoms with Gasteiger partial charge in [-0.25, -0.2) is 4.98 Å². The van der Waals surface area contributed by atoms with Crippen molar-refractivity contribution in [2.45, 2.75) is 10.9 Å². The molecule has 4 rings (SSSR count). The lowest BCUT2D eigenvalue weighted by Gasteiger charge is -1.97. The predicted molar refractivity (Wildman–Crippen MR) is 89.8 cm³/mol. The number of nitrogens with zero attached hydrogens (tertiary/aromatic N) is 1. The number of hydrogen-bond donors (Lipinski definition) is 1. The Morgan fingerprint density at radius 1 is 0.909 bits per heavy atom. The van der Waals surface area contributed by atoms with Crippen molar-refractivity contribution < 1.29 is 4.42 Å². The molecular weight excluding hydrogens is 292 g/mol. The maximum atomic E-state index is 5.90. The molecule has 0 saturated carbocycles. The molecule has 0 amide bonds. The van der Waals surface area contributed by atoms with Crippen LogP contribution in [0, 0.1) is 0 Å². The number of furan rings is 1. The molecule has 108 valence electrons. The molecule has 3 nitrogen and oxygen atoms in total. The fourth-order valence-corrected chi connectivity index (χ4v) is 3.13. The van der Waals surface area contributed by atoms with Crippen LogP contribution in [0.5, 0.6) is 0 Å². The topological polar surface area (TPSA) is 41.8 Å². The first-order chi connectivity index (χ1) is 10.9. The van der Waals surface area contributed by atoms with E-state index < -0.39 is 0 Å². The number of aromatic amines is 1. The van der Waals surface area contributed by atoms with Crippen LogP contribution in [0.3, 0.4) is 0 Å². The Labute approximate surface area is 132 Å². The Kier molecular flexibility index (Phi) is 3.45. The van der Waals surface area contributed by atoms with Gasteiger partial charge in [-0.1, -0.05) is 54.2 Å². The highest BCUT2D eigenvalue weighted by Crippen LogP contribution is 2.27. The van der Waals surface area contributed by atoms with Gasteiger partial charge in [-0.2, -0.15) is 0 Å². The van der Waals surface area contributed by atoms with Gasteiger partial charge in [-0.3, -0.25) is 0 Å². The lowest BCUT2D eigenvalue weighted by Crippen LogP contribution is -1.78. The smallest absolute Gasteiger partial charge is 0.166 e. The van der Waals surface area contributed by atoms with Gasteiger partial charge < -0.3 is 9.40 Å². The molecule has 1 N–H and O–H groups in total. The number of nitrogens with one attached hydrogen (secondary N) is 1. The van der Waals surface area contributed by atoms with Gasteiger partial charge in [0.2, 0.25) is 0 Å². The Morgan fingerprint density at radius 3 is 2.59 bits per heavy atom. The zero-order valence-corrected chi connectivity index (χ0v) is 12.6. The summed E-state index contributed by atoms with van der Waals surface area (Å²) in [6.45, 7) is 0. The lowest BCUT2D eigenvalue weighted by atomic mass is 10.2. The number of benzene rings is 2. The third-order valence-corrected chi connectivity index (χ3v) is 4.33. The summed E-state index contributed by atoms with van der Waals surface area (Å²) in [6.07, 6.45) is 0. The van der Waals surface area contributed by atoms with Gasteiger partial charge in [0.15, 0.2) is 5.16 Å². The molecule has 4 heteroatoms. The maximum absolute atomic E-state index is 5.90. The molecule has 0 atom stereocenters. The summed E-state index contributed by atoms with van der Waals surface area (Å²) in [7, 11) is 0. The Bertz CT molecular complexity index is 863. The number of imidazole rings is 1. The second kappa shape index (κ2) is 5.73. The summed E-state index contributed by atoms with van der Waals surface area (Å²) in [5.41, 5.74) is 3.16. The van der Waals surface area contributed by atoms with Gasteiger partial charge in [0.1, 0.15) is 11.5 Å². The highest BCUT2D eigenvalue weighted by Gasteiger charge is 2.07. The van der Waals surface area contributed by atoms with Crippen LogP contribution >= 0.6 is 11.8 Å². The number of H-pyrrole nitrogens is 1. The standard InChI is InChI=1S/C18H14N2OS/c1-2-6-13(7-3-1)17-11-10-14(21-17)12-22-18-19-15-8-4-5-9-16(15)20-18/h1-11H,12H2,(H,19,20). The van der Waals surface area contributed by atoms with Crippen molar-refractivity contribution in [2.24, 2.45) is 0 Å². The predicted octanol–water partition coefficient (Wildman–Crippen LogP) is 5.12. The highest BCUT2D eigenvalue weighted by molar-refractivity contribution is 7.98. The molecule has 0 bridgehead atoms. The zero-order valence-electron chi connectivity index (χ0n) is 11.8. The van der Waals surface area contributed by atoms with Crippen LogP contribution in [0.25, 0.3) is 22.4 Å². The molecule has 4 aromatic rings. The second-order valence-corrected chi connectivity index (χ2v) is 5.94. The van der Waals surface area contributed by atoms with E-state index in [1.165, 1.54) is 0 Å². The van der Waals surface area contributed by atoms with Crippen LogP contribution in [0.1, 0.15) is 5.76 Å². The summed E-state index contributed by atoms with van der Waals surface area (Å²) >= 11 is 1.65. The van der Waals surface area contributed by atoms with Crippen LogP contribution in [-0.4, -0.2) is 9.97 Å². The van der Waals surface area contributed by atoms with Gasteiger partial charge in [-0.05, 0) is 24.3 Å². The second-order valence-electron chi connectivity index (χ2n) is 4.98. The molecule has 0 unspecified atom stereocenters. The Morgan fingerprint density at radius 2 is 1.73 bits per heavy atom. The molecule has 22 heavy (non-hydrogen) atoms. The summed E-state index contributed by atoms with van der Waals surface area (Å²) in [6, 6.07) is 22.2. The molecule has 0 saturated heterocycles. The Hall–Kier alpha value is -2.46. The van der Waals surface area contributed by atoms with E-state index in [4.69, 9.17) is 4.42 Å². The largest absolute Gasteiger partial charge is 0.460 e. The SMILES string of the molecule is c1ccc(-c2ccc(CSc3nc4ccccc4[nH]3)o2)cc1. The van der Waals surface area contributed by atoms with E-state index in [-0.39, 0.29) is 0 Å². The quantitative estimate of drug-likeness (QED) is 0.532. The number of para-hydroxylation sites is 2. The minimum absolute atomic E-state index is 0.757. The average molecular weight is 306 g/mol. The fraction of sp³-hybridized carbons (Fsp3) is 0.0556. The van der Waals surface area contributed by atoms with Crippen LogP contribution < -0.4 is 0 Å². The fourth-order valence-electron chi connectivity index (χ4n) is 2.35. The molecule has 2 heterocycles. The average Bonchev–Trinajstić information content (AvgIpc) is 3.20. The molecule has 0 aliphatic carbocycles. The number of aromatic nitrogens is 2. The van der Waals surface area contributed by atoms with Gasteiger partial charge in [-0.15, -0.1) is 0 Å². The highest BCUT2D eigenvalue weighted by atomic mass is 32.2. The van der Waals surface area contributed by atoms with Crippen molar-refractivity contribution in [2.75, 3.05) is 0 Å². The van der Waals surface area contributed by atoms with E-state index in [0.717, 1.165) is 39.0 Å². The summed E-state index contributed by atoms with van der Waals surface area (Å²) in [5, 5.41) is 0.916. The monoisotopic (exact) mass is 306 g/mol. The molecule has 0 aliphatic rings. The van der Waals surface area contributed by atoms with Crippen molar-refractivity contribution in [3.05, 3.63) is 72.5 Å². The van der Waals surface area contributed by atoms with Crippen molar-refractivity contribution in [3.63, 3.8) is 0 Å². The Balaban J connectivity index is 1.49. The molecule has 2 aromatic carbocycles. The third-order valence-electron chi connectivity index (χ3n) is 3.44. The van der Waals surface area contributed by atoms with Gasteiger partial charge in [0, 0.05) is 5.56 Å². The van der Waals surface area contributed by atoms with E-state index in [2.05, 4.69) is 22.1 Å². The van der Waals surface area contributed by atoms with Crippen molar-refractivity contribution in [1.82, 2.24) is 9.97 Å². The minimum Gasteiger partial charge on any atom is -0.460 e. The molecule has 0 spiro atoms. The van der Waals surface area contributed by atoms with Crippen LogP contribution in [0.4, 0.5) is 0 Å². The van der Waals surface area contributed by atoms with E-state index in [0.29, 0.717) is 0 Å². The molecule has 2 aromatic heterocycles. The minimum atomic E-state index is 0.757. The summed E-state index contributed by atoms with van der Waals surface area (Å²) in [4.78, 5) is 7.87. The van der Waals surface area contributed by atoms with Crippen molar-refractivity contribution in [3.8, 4) is 11.3 Å². The van der Waals surface area contributed by atoms with Crippen LogP contribution in [0.2, 0.25) is 0 Å². The summed E-state index contributed by atoms with van der Waals surface area (Å²) < 4.78 is 5.90. The number of hydrogen-bond acceptors (Lipinski definition) is 3. The van der Waals surface area contributed by atoms with Gasteiger partial charge in [0.05, 0.1) is 16.8 Å². The maximum Gasteiger partial charge on any atom is 0.166 e. The molecule has 0 aliphatic heterocycles. The van der Waals surface area contributed by atoms with Gasteiger partial charge >= 0.3 is 0 Å². The van der Waals surface area contributed by atoms with Crippen LogP contribution in [0.15, 0.2) is 76.3 Å². The third kappa shape index (κ3) is 2.65. The zero-order chi connectivity index (χ0) is 14.8.